The highest BCUT2D eigenvalue weighted by molar-refractivity contribution is 8.93. The minimum Gasteiger partial charge on any atom is -0.544 e. The molecule has 0 N–H and O–H groups in total. The van der Waals surface area contributed by atoms with Crippen molar-refractivity contribution in [1.29, 1.82) is 0 Å². The van der Waals surface area contributed by atoms with Gasteiger partial charge in [-0.25, -0.2) is 0 Å². The van der Waals surface area contributed by atoms with Crippen molar-refractivity contribution in [3.8, 4) is 0 Å². The summed E-state index contributed by atoms with van der Waals surface area (Å²) in [6.07, 6.45) is 0. The third-order valence-electron chi connectivity index (χ3n) is 0.722. The van der Waals surface area contributed by atoms with Gasteiger partial charge in [0.05, 0.1) is 5.97 Å². The molecule has 0 amide bonds. The maximum absolute atomic E-state index is 9.96. The Morgan fingerprint density at radius 3 is 2.56 bits per heavy atom. The highest BCUT2D eigenvalue weighted by Gasteiger charge is 1.88. The van der Waals surface area contributed by atoms with Gasteiger partial charge in [0.1, 0.15) is 0 Å². The molecule has 0 fully saturated rings. The lowest BCUT2D eigenvalue weighted by Gasteiger charge is -1.91. The van der Waals surface area contributed by atoms with Crippen LogP contribution in [-0.2, 0) is 0 Å². The number of carboxylic acids is 1. The van der Waals surface area contributed by atoms with Gasteiger partial charge in [0.25, 0.3) is 0 Å². The quantitative estimate of drug-likeness (QED) is 0.681. The lowest BCUT2D eigenvalue weighted by atomic mass is 10.5. The van der Waals surface area contributed by atoms with Gasteiger partial charge in [-0.15, -0.1) is 28.3 Å². The van der Waals surface area contributed by atoms with Crippen molar-refractivity contribution in [3.63, 3.8) is 0 Å². The molecule has 50 valence electrons. The average molecular weight is 208 g/mol. The predicted molar refractivity (Wildman–Crippen MR) is 39.0 cm³/mol. The summed E-state index contributed by atoms with van der Waals surface area (Å²) in [7, 11) is 0. The summed E-state index contributed by atoms with van der Waals surface area (Å²) in [6.45, 7) is 0. The highest BCUT2D eigenvalue weighted by atomic mass is 79.9. The Morgan fingerprint density at radius 1 is 1.67 bits per heavy atom. The normalized spacial score (nSPS) is 8.00. The Bertz CT molecular complexity index is 183. The van der Waals surface area contributed by atoms with Crippen LogP contribution in [0.1, 0.15) is 9.67 Å². The molecule has 0 aliphatic carbocycles. The molecule has 0 spiro atoms. The SMILES string of the molecule is Br.O=C([O-])c1cccs1. The Hall–Kier alpha value is -0.350. The molecule has 0 aromatic carbocycles. The molecule has 1 rings (SSSR count). The molecule has 0 saturated carbocycles. The molecule has 1 aromatic rings. The van der Waals surface area contributed by atoms with Crippen LogP contribution in [0, 0.1) is 0 Å². The number of halogens is 1. The lowest BCUT2D eigenvalue weighted by molar-refractivity contribution is -0.254. The van der Waals surface area contributed by atoms with Gasteiger partial charge < -0.3 is 9.90 Å². The molecule has 1 heterocycles. The number of hydrogen-bond acceptors (Lipinski definition) is 3. The maximum Gasteiger partial charge on any atom is 0.0815 e. The van der Waals surface area contributed by atoms with E-state index < -0.39 is 5.97 Å². The molecule has 0 radical (unpaired) electrons. The van der Waals surface area contributed by atoms with Crippen LogP contribution in [0.5, 0.6) is 0 Å². The molecular formula is C5H4BrO2S-. The number of rotatable bonds is 1. The predicted octanol–water partition coefficient (Wildman–Crippen LogP) is 0.690. The zero-order valence-electron chi connectivity index (χ0n) is 4.37. The molecule has 0 aliphatic rings. The van der Waals surface area contributed by atoms with Gasteiger partial charge >= 0.3 is 0 Å². The number of carbonyl (C=O) groups is 1. The van der Waals surface area contributed by atoms with E-state index in [4.69, 9.17) is 0 Å². The second kappa shape index (κ2) is 3.63. The molecular weight excluding hydrogens is 204 g/mol. The van der Waals surface area contributed by atoms with Crippen molar-refractivity contribution in [2.45, 2.75) is 0 Å². The minimum absolute atomic E-state index is 0. The van der Waals surface area contributed by atoms with Crippen LogP contribution in [0.2, 0.25) is 0 Å². The van der Waals surface area contributed by atoms with E-state index in [2.05, 4.69) is 0 Å². The first-order valence-corrected chi connectivity index (χ1v) is 2.93. The van der Waals surface area contributed by atoms with Gasteiger partial charge in [0.15, 0.2) is 0 Å². The summed E-state index contributed by atoms with van der Waals surface area (Å²) in [4.78, 5) is 10.2. The van der Waals surface area contributed by atoms with Crippen LogP contribution < -0.4 is 5.11 Å². The summed E-state index contributed by atoms with van der Waals surface area (Å²) < 4.78 is 0. The second-order valence-electron chi connectivity index (χ2n) is 1.26. The van der Waals surface area contributed by atoms with E-state index in [0.717, 1.165) is 0 Å². The number of hydrogen-bond donors (Lipinski definition) is 0. The van der Waals surface area contributed by atoms with Crippen molar-refractivity contribution in [2.75, 3.05) is 0 Å². The van der Waals surface area contributed by atoms with Crippen LogP contribution in [0.15, 0.2) is 17.5 Å². The van der Waals surface area contributed by atoms with E-state index in [1.54, 1.807) is 11.4 Å². The van der Waals surface area contributed by atoms with Gasteiger partial charge in [0, 0.05) is 4.88 Å². The molecule has 0 aliphatic heterocycles. The van der Waals surface area contributed by atoms with Crippen LogP contribution in [0.3, 0.4) is 0 Å². The molecule has 0 atom stereocenters. The molecule has 1 aromatic heterocycles. The van der Waals surface area contributed by atoms with Gasteiger partial charge in [-0.05, 0) is 11.4 Å². The Balaban J connectivity index is 0.000000640. The first-order chi connectivity index (χ1) is 3.80. The van der Waals surface area contributed by atoms with Crippen LogP contribution in [0.25, 0.3) is 0 Å². The zero-order valence-corrected chi connectivity index (χ0v) is 6.89. The van der Waals surface area contributed by atoms with Crippen LogP contribution >= 0.6 is 28.3 Å². The van der Waals surface area contributed by atoms with Crippen molar-refractivity contribution in [1.82, 2.24) is 0 Å². The standard InChI is InChI=1S/C5H4O2S.BrH/c6-5(7)4-2-1-3-8-4;/h1-3H,(H,6,7);1H/p-1. The Kier molecular flexibility index (Phi) is 3.49. The van der Waals surface area contributed by atoms with Crippen molar-refractivity contribution >= 4 is 34.3 Å². The molecule has 0 unspecified atom stereocenters. The first kappa shape index (κ1) is 8.65. The molecule has 0 bridgehead atoms. The number of thiophene rings is 1. The van der Waals surface area contributed by atoms with Gasteiger partial charge in [-0.3, -0.25) is 0 Å². The summed E-state index contributed by atoms with van der Waals surface area (Å²) >= 11 is 1.17. The van der Waals surface area contributed by atoms with E-state index in [1.165, 1.54) is 17.4 Å². The summed E-state index contributed by atoms with van der Waals surface area (Å²) in [5.74, 6) is -1.10. The number of carbonyl (C=O) groups excluding carboxylic acids is 1. The second-order valence-corrected chi connectivity index (χ2v) is 2.21. The third kappa shape index (κ3) is 2.15. The zero-order chi connectivity index (χ0) is 5.98. The third-order valence-corrected chi connectivity index (χ3v) is 1.57. The fraction of sp³-hybridized carbons (Fsp3) is 0. The average Bonchev–Trinajstić information content (AvgIpc) is 2.12. The Morgan fingerprint density at radius 2 is 2.33 bits per heavy atom. The fourth-order valence-electron chi connectivity index (χ4n) is 0.395. The topological polar surface area (TPSA) is 40.1 Å². The largest absolute Gasteiger partial charge is 0.544 e. The van der Waals surface area contributed by atoms with Gasteiger partial charge in [-0.1, -0.05) is 6.07 Å². The van der Waals surface area contributed by atoms with Gasteiger partial charge in [-0.2, -0.15) is 0 Å². The van der Waals surface area contributed by atoms with E-state index in [1.807, 2.05) is 0 Å². The van der Waals surface area contributed by atoms with Gasteiger partial charge in [0.2, 0.25) is 0 Å². The summed E-state index contributed by atoms with van der Waals surface area (Å²) in [5.41, 5.74) is 0. The van der Waals surface area contributed by atoms with E-state index in [0.29, 0.717) is 0 Å². The smallest absolute Gasteiger partial charge is 0.0815 e. The van der Waals surface area contributed by atoms with Crippen molar-refractivity contribution in [2.24, 2.45) is 0 Å². The molecule has 0 saturated heterocycles. The Labute approximate surface area is 66.9 Å². The van der Waals surface area contributed by atoms with Crippen molar-refractivity contribution in [3.05, 3.63) is 22.4 Å². The minimum atomic E-state index is -1.10. The lowest BCUT2D eigenvalue weighted by Crippen LogP contribution is -2.20. The highest BCUT2D eigenvalue weighted by Crippen LogP contribution is 2.05. The maximum atomic E-state index is 9.96. The van der Waals surface area contributed by atoms with E-state index in [9.17, 15) is 9.90 Å². The van der Waals surface area contributed by atoms with Crippen molar-refractivity contribution < 1.29 is 9.90 Å². The number of aromatic carboxylic acids is 1. The van der Waals surface area contributed by atoms with E-state index in [-0.39, 0.29) is 21.9 Å². The van der Waals surface area contributed by atoms with Crippen LogP contribution in [-0.4, -0.2) is 5.97 Å². The first-order valence-electron chi connectivity index (χ1n) is 2.05. The molecule has 2 nitrogen and oxygen atoms in total. The molecule has 4 heteroatoms. The van der Waals surface area contributed by atoms with Crippen LogP contribution in [0.4, 0.5) is 0 Å². The molecule has 9 heavy (non-hydrogen) atoms. The van der Waals surface area contributed by atoms with E-state index >= 15 is 0 Å². The summed E-state index contributed by atoms with van der Waals surface area (Å²) in [5, 5.41) is 11.7. The monoisotopic (exact) mass is 207 g/mol. The summed E-state index contributed by atoms with van der Waals surface area (Å²) in [6, 6.07) is 3.19. The number of carboxylic acid groups (broad SMARTS) is 1. The fourth-order valence-corrected chi connectivity index (χ4v) is 0.952.